The van der Waals surface area contributed by atoms with Gasteiger partial charge in [-0.1, -0.05) is 38.1 Å². The number of hydrogen-bond donors (Lipinski definition) is 1. The summed E-state index contributed by atoms with van der Waals surface area (Å²) in [5.74, 6) is 0.980. The van der Waals surface area contributed by atoms with Crippen molar-refractivity contribution in [1.29, 1.82) is 0 Å². The van der Waals surface area contributed by atoms with Crippen LogP contribution in [0.2, 0.25) is 0 Å². The number of halogens is 1. The topological polar surface area (TPSA) is 35.2 Å². The van der Waals surface area contributed by atoms with Crippen LogP contribution in [-0.4, -0.2) is 0 Å². The van der Waals surface area contributed by atoms with Gasteiger partial charge >= 0.3 is 0 Å². The summed E-state index contributed by atoms with van der Waals surface area (Å²) in [7, 11) is 0. The van der Waals surface area contributed by atoms with Crippen molar-refractivity contribution < 1.29 is 9.13 Å². The summed E-state index contributed by atoms with van der Waals surface area (Å²) in [6, 6.07) is 12.4. The highest BCUT2D eigenvalue weighted by molar-refractivity contribution is 5.47. The second-order valence-electron chi connectivity index (χ2n) is 4.98. The van der Waals surface area contributed by atoms with Crippen molar-refractivity contribution in [3.8, 4) is 5.75 Å². The molecular weight excluding hydrogens is 253 g/mol. The summed E-state index contributed by atoms with van der Waals surface area (Å²) in [4.78, 5) is 0. The SMILES string of the molecule is CCC(C)c1ccccc1OCc1ccc(F)cc1N. The van der Waals surface area contributed by atoms with Crippen molar-refractivity contribution >= 4 is 5.69 Å². The number of nitrogen functional groups attached to an aromatic ring is 1. The Bertz CT molecular complexity index is 583. The third-order valence-corrected chi connectivity index (χ3v) is 3.55. The number of para-hydroxylation sites is 1. The molecule has 0 aliphatic carbocycles. The molecule has 0 radical (unpaired) electrons. The molecule has 0 amide bonds. The minimum Gasteiger partial charge on any atom is -0.489 e. The Hall–Kier alpha value is -2.03. The van der Waals surface area contributed by atoms with E-state index >= 15 is 0 Å². The summed E-state index contributed by atoms with van der Waals surface area (Å²) >= 11 is 0. The molecule has 2 N–H and O–H groups in total. The maximum absolute atomic E-state index is 13.0. The first-order valence-electron chi connectivity index (χ1n) is 6.87. The zero-order valence-corrected chi connectivity index (χ0v) is 11.9. The summed E-state index contributed by atoms with van der Waals surface area (Å²) in [5, 5.41) is 0. The second kappa shape index (κ2) is 6.42. The third-order valence-electron chi connectivity index (χ3n) is 3.55. The number of nitrogens with two attached hydrogens (primary N) is 1. The van der Waals surface area contributed by atoms with E-state index in [1.54, 1.807) is 6.07 Å². The fraction of sp³-hybridized carbons (Fsp3) is 0.294. The Labute approximate surface area is 119 Å². The van der Waals surface area contributed by atoms with Crippen LogP contribution in [0.25, 0.3) is 0 Å². The van der Waals surface area contributed by atoms with Crippen molar-refractivity contribution in [3.05, 3.63) is 59.4 Å². The van der Waals surface area contributed by atoms with E-state index in [4.69, 9.17) is 10.5 Å². The van der Waals surface area contributed by atoms with Gasteiger partial charge in [0.1, 0.15) is 18.2 Å². The Morgan fingerprint density at radius 3 is 2.65 bits per heavy atom. The summed E-state index contributed by atoms with van der Waals surface area (Å²) < 4.78 is 18.9. The molecule has 1 atom stereocenters. The van der Waals surface area contributed by atoms with Gasteiger partial charge in [0.2, 0.25) is 0 Å². The lowest BCUT2D eigenvalue weighted by atomic mass is 9.98. The Balaban J connectivity index is 2.15. The van der Waals surface area contributed by atoms with E-state index in [2.05, 4.69) is 19.9 Å². The Morgan fingerprint density at radius 2 is 1.95 bits per heavy atom. The van der Waals surface area contributed by atoms with Crippen LogP contribution in [0.15, 0.2) is 42.5 Å². The molecule has 0 spiro atoms. The predicted octanol–water partition coefficient (Wildman–Crippen LogP) is 4.50. The van der Waals surface area contributed by atoms with Crippen LogP contribution < -0.4 is 10.5 Å². The van der Waals surface area contributed by atoms with Gasteiger partial charge in [-0.25, -0.2) is 4.39 Å². The van der Waals surface area contributed by atoms with Gasteiger partial charge in [-0.15, -0.1) is 0 Å². The molecule has 1 unspecified atom stereocenters. The van der Waals surface area contributed by atoms with E-state index in [0.29, 0.717) is 18.2 Å². The van der Waals surface area contributed by atoms with Crippen molar-refractivity contribution in [2.75, 3.05) is 5.73 Å². The molecule has 3 heteroatoms. The first-order valence-corrected chi connectivity index (χ1v) is 6.87. The van der Waals surface area contributed by atoms with E-state index in [9.17, 15) is 4.39 Å². The number of hydrogen-bond acceptors (Lipinski definition) is 2. The van der Waals surface area contributed by atoms with Crippen LogP contribution in [0.5, 0.6) is 5.75 Å². The summed E-state index contributed by atoms with van der Waals surface area (Å²) in [6.07, 6.45) is 1.05. The van der Waals surface area contributed by atoms with Crippen LogP contribution in [0.3, 0.4) is 0 Å². The molecule has 2 nitrogen and oxygen atoms in total. The molecule has 2 aromatic rings. The number of benzene rings is 2. The van der Waals surface area contributed by atoms with Gasteiger partial charge in [0.25, 0.3) is 0 Å². The largest absolute Gasteiger partial charge is 0.489 e. The van der Waals surface area contributed by atoms with Crippen LogP contribution in [-0.2, 0) is 6.61 Å². The summed E-state index contributed by atoms with van der Waals surface area (Å²) in [6.45, 7) is 4.67. The van der Waals surface area contributed by atoms with E-state index in [0.717, 1.165) is 17.7 Å². The minimum absolute atomic E-state index is 0.328. The molecule has 0 saturated heterocycles. The van der Waals surface area contributed by atoms with Gasteiger partial charge in [0, 0.05) is 11.3 Å². The molecule has 0 aromatic heterocycles. The molecule has 0 bridgehead atoms. The molecular formula is C17H20FNO. The van der Waals surface area contributed by atoms with Crippen molar-refractivity contribution in [2.24, 2.45) is 0 Å². The predicted molar refractivity (Wildman–Crippen MR) is 80.3 cm³/mol. The first-order chi connectivity index (χ1) is 9.61. The molecule has 0 fully saturated rings. The zero-order valence-electron chi connectivity index (χ0n) is 11.9. The molecule has 2 aromatic carbocycles. The Morgan fingerprint density at radius 1 is 1.20 bits per heavy atom. The number of anilines is 1. The molecule has 0 heterocycles. The molecule has 2 rings (SSSR count). The normalized spacial score (nSPS) is 12.2. The van der Waals surface area contributed by atoms with Crippen LogP contribution in [0.1, 0.15) is 37.3 Å². The quantitative estimate of drug-likeness (QED) is 0.814. The number of ether oxygens (including phenoxy) is 1. The maximum atomic E-state index is 13.0. The van der Waals surface area contributed by atoms with Crippen LogP contribution in [0.4, 0.5) is 10.1 Å². The Kier molecular flexibility index (Phi) is 4.61. The average molecular weight is 273 g/mol. The van der Waals surface area contributed by atoms with E-state index in [-0.39, 0.29) is 5.82 Å². The van der Waals surface area contributed by atoms with Gasteiger partial charge in [-0.05, 0) is 36.1 Å². The highest BCUT2D eigenvalue weighted by Gasteiger charge is 2.10. The van der Waals surface area contributed by atoms with Crippen LogP contribution >= 0.6 is 0 Å². The lowest BCUT2D eigenvalue weighted by molar-refractivity contribution is 0.301. The standard InChI is InChI=1S/C17H20FNO/c1-3-12(2)15-6-4-5-7-17(15)20-11-13-8-9-14(18)10-16(13)19/h4-10,12H,3,11,19H2,1-2H3. The first kappa shape index (κ1) is 14.4. The lowest BCUT2D eigenvalue weighted by Gasteiger charge is -2.16. The van der Waals surface area contributed by atoms with Crippen molar-refractivity contribution in [1.82, 2.24) is 0 Å². The monoisotopic (exact) mass is 273 g/mol. The zero-order chi connectivity index (χ0) is 14.5. The average Bonchev–Trinajstić information content (AvgIpc) is 2.46. The highest BCUT2D eigenvalue weighted by Crippen LogP contribution is 2.29. The van der Waals surface area contributed by atoms with Crippen molar-refractivity contribution in [3.63, 3.8) is 0 Å². The maximum Gasteiger partial charge on any atom is 0.125 e. The molecule has 0 aliphatic heterocycles. The highest BCUT2D eigenvalue weighted by atomic mass is 19.1. The van der Waals surface area contributed by atoms with E-state index < -0.39 is 0 Å². The van der Waals surface area contributed by atoms with Crippen LogP contribution in [0, 0.1) is 5.82 Å². The minimum atomic E-state index is -0.328. The van der Waals surface area contributed by atoms with Crippen molar-refractivity contribution in [2.45, 2.75) is 32.8 Å². The van der Waals surface area contributed by atoms with Gasteiger partial charge in [-0.2, -0.15) is 0 Å². The smallest absolute Gasteiger partial charge is 0.125 e. The van der Waals surface area contributed by atoms with Gasteiger partial charge in [0.15, 0.2) is 0 Å². The van der Waals surface area contributed by atoms with E-state index in [1.807, 2.05) is 18.2 Å². The fourth-order valence-electron chi connectivity index (χ4n) is 2.09. The van der Waals surface area contributed by atoms with Gasteiger partial charge < -0.3 is 10.5 Å². The molecule has 0 saturated carbocycles. The molecule has 106 valence electrons. The fourth-order valence-corrected chi connectivity index (χ4v) is 2.09. The molecule has 0 aliphatic rings. The molecule has 20 heavy (non-hydrogen) atoms. The third kappa shape index (κ3) is 3.29. The van der Waals surface area contributed by atoms with E-state index in [1.165, 1.54) is 17.7 Å². The second-order valence-corrected chi connectivity index (χ2v) is 4.98. The van der Waals surface area contributed by atoms with Gasteiger partial charge in [-0.3, -0.25) is 0 Å². The summed E-state index contributed by atoms with van der Waals surface area (Å²) in [5.41, 5.74) is 8.20. The lowest BCUT2D eigenvalue weighted by Crippen LogP contribution is -2.03. The van der Waals surface area contributed by atoms with Gasteiger partial charge in [0.05, 0.1) is 0 Å². The number of rotatable bonds is 5.